The first kappa shape index (κ1) is 14.5. The predicted octanol–water partition coefficient (Wildman–Crippen LogP) is 5.31. The van der Waals surface area contributed by atoms with E-state index >= 15 is 0 Å². The SMILES string of the molecule is CC(C)c1cc(Br)ccc1OCc1cncc(Br)c1. The summed E-state index contributed by atoms with van der Waals surface area (Å²) >= 11 is 6.91. The second kappa shape index (κ2) is 6.53. The Hall–Kier alpha value is -0.870. The first-order valence-corrected chi connectivity index (χ1v) is 7.66. The van der Waals surface area contributed by atoms with Crippen LogP contribution in [0.5, 0.6) is 5.75 Å². The smallest absolute Gasteiger partial charge is 0.123 e. The Labute approximate surface area is 130 Å². The van der Waals surface area contributed by atoms with Gasteiger partial charge >= 0.3 is 0 Å². The molecule has 0 bridgehead atoms. The quantitative estimate of drug-likeness (QED) is 0.712. The molecule has 2 rings (SSSR count). The van der Waals surface area contributed by atoms with Crippen molar-refractivity contribution >= 4 is 31.9 Å². The fraction of sp³-hybridized carbons (Fsp3) is 0.267. The number of ether oxygens (including phenoxy) is 1. The molecule has 100 valence electrons. The lowest BCUT2D eigenvalue weighted by molar-refractivity contribution is 0.301. The fourth-order valence-corrected chi connectivity index (χ4v) is 2.59. The molecular weight excluding hydrogens is 370 g/mol. The van der Waals surface area contributed by atoms with Gasteiger partial charge in [0.1, 0.15) is 12.4 Å². The molecule has 2 aromatic rings. The van der Waals surface area contributed by atoms with Gasteiger partial charge in [-0.2, -0.15) is 0 Å². The summed E-state index contributed by atoms with van der Waals surface area (Å²) in [5.74, 6) is 1.35. The van der Waals surface area contributed by atoms with Gasteiger partial charge in [0.15, 0.2) is 0 Å². The molecule has 0 atom stereocenters. The van der Waals surface area contributed by atoms with Crippen molar-refractivity contribution in [3.05, 3.63) is 56.7 Å². The number of pyridine rings is 1. The molecule has 0 amide bonds. The maximum atomic E-state index is 5.91. The highest BCUT2D eigenvalue weighted by atomic mass is 79.9. The molecule has 0 spiro atoms. The van der Waals surface area contributed by atoms with E-state index in [1.165, 1.54) is 5.56 Å². The molecule has 0 saturated carbocycles. The highest BCUT2D eigenvalue weighted by molar-refractivity contribution is 9.10. The van der Waals surface area contributed by atoms with E-state index in [9.17, 15) is 0 Å². The molecule has 19 heavy (non-hydrogen) atoms. The van der Waals surface area contributed by atoms with Gasteiger partial charge in [-0.1, -0.05) is 29.8 Å². The van der Waals surface area contributed by atoms with Crippen LogP contribution in [-0.4, -0.2) is 4.98 Å². The monoisotopic (exact) mass is 383 g/mol. The lowest BCUT2D eigenvalue weighted by atomic mass is 10.0. The van der Waals surface area contributed by atoms with Gasteiger partial charge in [0, 0.05) is 26.9 Å². The molecule has 0 fully saturated rings. The standard InChI is InChI=1S/C15H15Br2NO/c1-10(2)14-6-12(16)3-4-15(14)19-9-11-5-13(17)8-18-7-11/h3-8,10H,9H2,1-2H3. The van der Waals surface area contributed by atoms with E-state index in [4.69, 9.17) is 4.74 Å². The molecule has 1 aromatic carbocycles. The topological polar surface area (TPSA) is 22.1 Å². The van der Waals surface area contributed by atoms with Crippen molar-refractivity contribution in [2.45, 2.75) is 26.4 Å². The summed E-state index contributed by atoms with van der Waals surface area (Å²) in [5.41, 5.74) is 2.25. The van der Waals surface area contributed by atoms with Crippen LogP contribution in [-0.2, 0) is 6.61 Å². The number of benzene rings is 1. The molecule has 1 aromatic heterocycles. The van der Waals surface area contributed by atoms with Crippen LogP contribution in [0.4, 0.5) is 0 Å². The predicted molar refractivity (Wildman–Crippen MR) is 84.5 cm³/mol. The Kier molecular flexibility index (Phi) is 4.99. The van der Waals surface area contributed by atoms with Gasteiger partial charge in [-0.3, -0.25) is 4.98 Å². The lowest BCUT2D eigenvalue weighted by Crippen LogP contribution is -2.00. The van der Waals surface area contributed by atoms with E-state index in [0.717, 1.165) is 20.3 Å². The van der Waals surface area contributed by atoms with Crippen LogP contribution < -0.4 is 4.74 Å². The molecule has 4 heteroatoms. The summed E-state index contributed by atoms with van der Waals surface area (Å²) in [7, 11) is 0. The van der Waals surface area contributed by atoms with Crippen LogP contribution in [0.2, 0.25) is 0 Å². The molecule has 1 heterocycles. The van der Waals surface area contributed by atoms with Crippen LogP contribution in [0, 0.1) is 0 Å². The highest BCUT2D eigenvalue weighted by Gasteiger charge is 2.09. The minimum absolute atomic E-state index is 0.424. The van der Waals surface area contributed by atoms with Gasteiger partial charge in [0.25, 0.3) is 0 Å². The molecule has 0 aliphatic heterocycles. The molecule has 0 aliphatic rings. The Bertz CT molecular complexity index is 570. The zero-order valence-electron chi connectivity index (χ0n) is 10.9. The van der Waals surface area contributed by atoms with E-state index in [0.29, 0.717) is 12.5 Å². The zero-order chi connectivity index (χ0) is 13.8. The normalized spacial score (nSPS) is 10.8. The average molecular weight is 385 g/mol. The lowest BCUT2D eigenvalue weighted by Gasteiger charge is -2.14. The van der Waals surface area contributed by atoms with Gasteiger partial charge in [-0.25, -0.2) is 0 Å². The second-order valence-electron chi connectivity index (χ2n) is 4.64. The summed E-state index contributed by atoms with van der Waals surface area (Å²) in [6, 6.07) is 8.13. The number of aromatic nitrogens is 1. The number of rotatable bonds is 4. The summed E-state index contributed by atoms with van der Waals surface area (Å²) in [6.45, 7) is 4.85. The van der Waals surface area contributed by atoms with E-state index < -0.39 is 0 Å². The van der Waals surface area contributed by atoms with Gasteiger partial charge in [0.05, 0.1) is 0 Å². The fourth-order valence-electron chi connectivity index (χ4n) is 1.80. The number of halogens is 2. The van der Waals surface area contributed by atoms with E-state index in [1.54, 1.807) is 6.20 Å². The van der Waals surface area contributed by atoms with Crippen molar-refractivity contribution in [1.82, 2.24) is 4.98 Å². The Morgan fingerprint density at radius 1 is 1.11 bits per heavy atom. The maximum absolute atomic E-state index is 5.91. The minimum Gasteiger partial charge on any atom is -0.489 e. The third kappa shape index (κ3) is 4.05. The molecule has 0 unspecified atom stereocenters. The zero-order valence-corrected chi connectivity index (χ0v) is 14.0. The number of hydrogen-bond donors (Lipinski definition) is 0. The van der Waals surface area contributed by atoms with E-state index in [2.05, 4.69) is 56.8 Å². The highest BCUT2D eigenvalue weighted by Crippen LogP contribution is 2.30. The van der Waals surface area contributed by atoms with E-state index in [-0.39, 0.29) is 0 Å². The van der Waals surface area contributed by atoms with Crippen molar-refractivity contribution < 1.29 is 4.74 Å². The van der Waals surface area contributed by atoms with Crippen LogP contribution in [0.25, 0.3) is 0 Å². The molecule has 0 saturated heterocycles. The average Bonchev–Trinajstić information content (AvgIpc) is 2.37. The third-order valence-corrected chi connectivity index (χ3v) is 3.68. The molecule has 0 aliphatic carbocycles. The van der Waals surface area contributed by atoms with Crippen molar-refractivity contribution in [3.8, 4) is 5.75 Å². The van der Waals surface area contributed by atoms with Crippen molar-refractivity contribution in [1.29, 1.82) is 0 Å². The second-order valence-corrected chi connectivity index (χ2v) is 6.47. The molecule has 0 radical (unpaired) electrons. The number of nitrogens with zero attached hydrogens (tertiary/aromatic N) is 1. The summed E-state index contributed by atoms with van der Waals surface area (Å²) in [4.78, 5) is 4.13. The Balaban J connectivity index is 2.15. The van der Waals surface area contributed by atoms with Crippen LogP contribution in [0.1, 0.15) is 30.9 Å². The summed E-state index contributed by atoms with van der Waals surface area (Å²) in [6.07, 6.45) is 3.58. The van der Waals surface area contributed by atoms with Crippen molar-refractivity contribution in [2.75, 3.05) is 0 Å². The number of hydrogen-bond acceptors (Lipinski definition) is 2. The van der Waals surface area contributed by atoms with E-state index in [1.807, 2.05) is 24.4 Å². The maximum Gasteiger partial charge on any atom is 0.123 e. The van der Waals surface area contributed by atoms with Crippen molar-refractivity contribution in [3.63, 3.8) is 0 Å². The minimum atomic E-state index is 0.424. The Morgan fingerprint density at radius 2 is 1.89 bits per heavy atom. The van der Waals surface area contributed by atoms with Gasteiger partial charge in [-0.05, 0) is 51.7 Å². The molecule has 2 nitrogen and oxygen atoms in total. The summed E-state index contributed by atoms with van der Waals surface area (Å²) < 4.78 is 7.96. The van der Waals surface area contributed by atoms with Crippen LogP contribution >= 0.6 is 31.9 Å². The first-order valence-electron chi connectivity index (χ1n) is 6.08. The Morgan fingerprint density at radius 3 is 2.58 bits per heavy atom. The van der Waals surface area contributed by atoms with Crippen molar-refractivity contribution in [2.24, 2.45) is 0 Å². The van der Waals surface area contributed by atoms with Gasteiger partial charge in [-0.15, -0.1) is 0 Å². The summed E-state index contributed by atoms with van der Waals surface area (Å²) in [5, 5.41) is 0. The molecule has 0 N–H and O–H groups in total. The first-order chi connectivity index (χ1) is 9.06. The molecular formula is C15H15Br2NO. The largest absolute Gasteiger partial charge is 0.489 e. The third-order valence-electron chi connectivity index (χ3n) is 2.75. The van der Waals surface area contributed by atoms with Crippen LogP contribution in [0.15, 0.2) is 45.6 Å². The van der Waals surface area contributed by atoms with Crippen LogP contribution in [0.3, 0.4) is 0 Å². The van der Waals surface area contributed by atoms with Gasteiger partial charge < -0.3 is 4.74 Å². The van der Waals surface area contributed by atoms with Gasteiger partial charge in [0.2, 0.25) is 0 Å².